The molecule has 1 N–H and O–H groups in total. The number of nitrogens with zero attached hydrogens (tertiary/aromatic N) is 2. The molecule has 0 aliphatic carbocycles. The molecule has 0 aliphatic rings. The molecule has 1 heterocycles. The highest BCUT2D eigenvalue weighted by molar-refractivity contribution is 5.76. The summed E-state index contributed by atoms with van der Waals surface area (Å²) in [4.78, 5) is 4.73. The van der Waals surface area contributed by atoms with Gasteiger partial charge in [-0.2, -0.15) is 0 Å². The van der Waals surface area contributed by atoms with E-state index in [0.717, 1.165) is 48.2 Å². The normalized spacial score (nSPS) is 12.2. The van der Waals surface area contributed by atoms with Gasteiger partial charge in [-0.3, -0.25) is 0 Å². The first-order valence-electron chi connectivity index (χ1n) is 10.7. The number of aliphatic hydroxyl groups is 1. The minimum absolute atomic E-state index is 0.675. The molecule has 4 heteroatoms. The van der Waals surface area contributed by atoms with Crippen LogP contribution < -0.4 is 4.74 Å². The van der Waals surface area contributed by atoms with E-state index >= 15 is 0 Å². The number of aliphatic hydroxyl groups excluding tert-OH is 1. The molecule has 4 nitrogen and oxygen atoms in total. The molecule has 154 valence electrons. The molecule has 0 aliphatic heterocycles. The first-order chi connectivity index (χ1) is 14.8. The predicted octanol–water partition coefficient (Wildman–Crippen LogP) is 5.54. The Morgan fingerprint density at radius 2 is 1.63 bits per heavy atom. The highest BCUT2D eigenvalue weighted by Gasteiger charge is 2.19. The molecule has 0 saturated heterocycles. The summed E-state index contributed by atoms with van der Waals surface area (Å²) >= 11 is 0. The van der Waals surface area contributed by atoms with Gasteiger partial charge in [-0.25, -0.2) is 4.98 Å². The summed E-state index contributed by atoms with van der Waals surface area (Å²) in [5, 5.41) is 11.0. The summed E-state index contributed by atoms with van der Waals surface area (Å²) < 4.78 is 8.03. The van der Waals surface area contributed by atoms with Gasteiger partial charge >= 0.3 is 0 Å². The van der Waals surface area contributed by atoms with E-state index in [1.807, 2.05) is 60.7 Å². The van der Waals surface area contributed by atoms with Crippen LogP contribution in [-0.2, 0) is 13.0 Å². The molecule has 3 aromatic carbocycles. The van der Waals surface area contributed by atoms with Gasteiger partial charge in [-0.1, -0.05) is 61.5 Å². The van der Waals surface area contributed by atoms with Gasteiger partial charge in [0.15, 0.2) is 0 Å². The van der Waals surface area contributed by atoms with E-state index < -0.39 is 6.10 Å². The summed E-state index contributed by atoms with van der Waals surface area (Å²) in [6.07, 6.45) is 2.17. The van der Waals surface area contributed by atoms with Gasteiger partial charge in [0.1, 0.15) is 17.7 Å². The zero-order valence-corrected chi connectivity index (χ0v) is 17.4. The Morgan fingerprint density at radius 1 is 0.900 bits per heavy atom. The molecule has 30 heavy (non-hydrogen) atoms. The van der Waals surface area contributed by atoms with Crippen molar-refractivity contribution in [3.05, 3.63) is 95.8 Å². The standard InChI is InChI=1S/C26H28N2O2/c1-2-20-14-16-22(17-15-20)30-19-9-8-18-28-24-13-7-6-12-23(24)27-26(28)25(29)21-10-4-3-5-11-21/h3-7,10-17,25,29H,2,8-9,18-19H2,1H3. The Labute approximate surface area is 177 Å². The predicted molar refractivity (Wildman–Crippen MR) is 121 cm³/mol. The molecule has 0 saturated carbocycles. The van der Waals surface area contributed by atoms with Crippen molar-refractivity contribution < 1.29 is 9.84 Å². The van der Waals surface area contributed by atoms with Gasteiger partial charge in [-0.05, 0) is 54.7 Å². The number of fused-ring (bicyclic) bond motifs is 1. The third-order valence-electron chi connectivity index (χ3n) is 5.42. The van der Waals surface area contributed by atoms with Crippen molar-refractivity contribution in [1.82, 2.24) is 9.55 Å². The number of aromatic nitrogens is 2. The molecule has 0 bridgehead atoms. The van der Waals surface area contributed by atoms with Gasteiger partial charge in [-0.15, -0.1) is 0 Å². The van der Waals surface area contributed by atoms with E-state index in [4.69, 9.17) is 9.72 Å². The first kappa shape index (κ1) is 20.2. The minimum Gasteiger partial charge on any atom is -0.494 e. The lowest BCUT2D eigenvalue weighted by molar-refractivity contribution is 0.204. The van der Waals surface area contributed by atoms with Crippen molar-refractivity contribution in [2.45, 2.75) is 38.8 Å². The molecule has 0 spiro atoms. The molecular weight excluding hydrogens is 372 g/mol. The second-order valence-corrected chi connectivity index (χ2v) is 7.48. The van der Waals surface area contributed by atoms with E-state index in [0.29, 0.717) is 12.4 Å². The monoisotopic (exact) mass is 400 g/mol. The number of rotatable bonds is 9. The average Bonchev–Trinajstić information content (AvgIpc) is 3.18. The Hall–Kier alpha value is -3.11. The van der Waals surface area contributed by atoms with Gasteiger partial charge in [0.25, 0.3) is 0 Å². The van der Waals surface area contributed by atoms with E-state index in [-0.39, 0.29) is 0 Å². The highest BCUT2D eigenvalue weighted by atomic mass is 16.5. The van der Waals surface area contributed by atoms with Gasteiger partial charge in [0, 0.05) is 6.54 Å². The number of benzene rings is 3. The molecule has 1 aromatic heterocycles. The fraction of sp³-hybridized carbons (Fsp3) is 0.269. The quantitative estimate of drug-likeness (QED) is 0.375. The second kappa shape index (κ2) is 9.59. The SMILES string of the molecule is CCc1ccc(OCCCCn2c(C(O)c3ccccc3)nc3ccccc32)cc1. The lowest BCUT2D eigenvalue weighted by atomic mass is 10.1. The number of aryl methyl sites for hydroxylation is 2. The fourth-order valence-corrected chi connectivity index (χ4v) is 3.71. The van der Waals surface area contributed by atoms with E-state index in [1.165, 1.54) is 5.56 Å². The Morgan fingerprint density at radius 3 is 2.40 bits per heavy atom. The number of hydrogen-bond donors (Lipinski definition) is 1. The molecule has 1 unspecified atom stereocenters. The van der Waals surface area contributed by atoms with Crippen molar-refractivity contribution >= 4 is 11.0 Å². The second-order valence-electron chi connectivity index (χ2n) is 7.48. The number of para-hydroxylation sites is 2. The van der Waals surface area contributed by atoms with Crippen LogP contribution in [0.2, 0.25) is 0 Å². The van der Waals surface area contributed by atoms with Gasteiger partial charge in [0.2, 0.25) is 0 Å². The van der Waals surface area contributed by atoms with Crippen LogP contribution in [-0.4, -0.2) is 21.3 Å². The fourth-order valence-electron chi connectivity index (χ4n) is 3.71. The topological polar surface area (TPSA) is 47.3 Å². The van der Waals surface area contributed by atoms with Crippen LogP contribution in [0, 0.1) is 0 Å². The van der Waals surface area contributed by atoms with Gasteiger partial charge < -0.3 is 14.4 Å². The molecule has 0 radical (unpaired) electrons. The maximum absolute atomic E-state index is 11.0. The maximum atomic E-state index is 11.0. The molecular formula is C26H28N2O2. The molecule has 4 aromatic rings. The number of hydrogen-bond acceptors (Lipinski definition) is 3. The van der Waals surface area contributed by atoms with E-state index in [9.17, 15) is 5.11 Å². The van der Waals surface area contributed by atoms with E-state index in [2.05, 4.69) is 29.7 Å². The van der Waals surface area contributed by atoms with Crippen LogP contribution in [0.15, 0.2) is 78.9 Å². The molecule has 1 atom stereocenters. The third kappa shape index (κ3) is 4.55. The lowest BCUT2D eigenvalue weighted by Crippen LogP contribution is -2.11. The van der Waals surface area contributed by atoms with Crippen molar-refractivity contribution in [1.29, 1.82) is 0 Å². The van der Waals surface area contributed by atoms with Crippen molar-refractivity contribution in [2.24, 2.45) is 0 Å². The zero-order valence-electron chi connectivity index (χ0n) is 17.4. The molecule has 0 fully saturated rings. The molecule has 4 rings (SSSR count). The lowest BCUT2D eigenvalue weighted by Gasteiger charge is -2.14. The van der Waals surface area contributed by atoms with Gasteiger partial charge in [0.05, 0.1) is 17.6 Å². The minimum atomic E-state index is -0.744. The van der Waals surface area contributed by atoms with Crippen LogP contribution in [0.3, 0.4) is 0 Å². The van der Waals surface area contributed by atoms with Crippen LogP contribution in [0.1, 0.15) is 42.8 Å². The van der Waals surface area contributed by atoms with Crippen LogP contribution in [0.25, 0.3) is 11.0 Å². The Bertz CT molecular complexity index is 1070. The number of imidazole rings is 1. The maximum Gasteiger partial charge on any atom is 0.143 e. The van der Waals surface area contributed by atoms with Crippen molar-refractivity contribution in [3.63, 3.8) is 0 Å². The highest BCUT2D eigenvalue weighted by Crippen LogP contribution is 2.26. The summed E-state index contributed by atoms with van der Waals surface area (Å²) in [6.45, 7) is 3.62. The Balaban J connectivity index is 1.42. The number of unbranched alkanes of at least 4 members (excludes halogenated alkanes) is 1. The van der Waals surface area contributed by atoms with Crippen LogP contribution in [0.5, 0.6) is 5.75 Å². The van der Waals surface area contributed by atoms with E-state index in [1.54, 1.807) is 0 Å². The van der Waals surface area contributed by atoms with Crippen molar-refractivity contribution in [3.8, 4) is 5.75 Å². The largest absolute Gasteiger partial charge is 0.494 e. The van der Waals surface area contributed by atoms with Crippen LogP contribution >= 0.6 is 0 Å². The summed E-state index contributed by atoms with van der Waals surface area (Å²) in [5.74, 6) is 1.61. The molecule has 0 amide bonds. The smallest absolute Gasteiger partial charge is 0.143 e. The zero-order chi connectivity index (χ0) is 20.8. The summed E-state index contributed by atoms with van der Waals surface area (Å²) in [7, 11) is 0. The number of ether oxygens (including phenoxy) is 1. The third-order valence-corrected chi connectivity index (χ3v) is 5.42. The summed E-state index contributed by atoms with van der Waals surface area (Å²) in [6, 6.07) is 26.1. The first-order valence-corrected chi connectivity index (χ1v) is 10.7. The Kier molecular flexibility index (Phi) is 6.45. The van der Waals surface area contributed by atoms with Crippen molar-refractivity contribution in [2.75, 3.05) is 6.61 Å². The summed E-state index contributed by atoms with van der Waals surface area (Å²) in [5.41, 5.74) is 4.14. The van der Waals surface area contributed by atoms with Crippen LogP contribution in [0.4, 0.5) is 0 Å². The average molecular weight is 401 g/mol.